The van der Waals surface area contributed by atoms with Gasteiger partial charge in [0.25, 0.3) is 0 Å². The Morgan fingerprint density at radius 1 is 1.19 bits per heavy atom. The number of hydrogen-bond donors (Lipinski definition) is 3. The van der Waals surface area contributed by atoms with Crippen molar-refractivity contribution in [2.75, 3.05) is 32.7 Å². The zero-order valence-electron chi connectivity index (χ0n) is 18.7. The quantitative estimate of drug-likeness (QED) is 0.386. The number of methoxy groups -OCH3 is 1. The Bertz CT molecular complexity index is 1120. The van der Waals surface area contributed by atoms with Gasteiger partial charge in [0.2, 0.25) is 0 Å². The van der Waals surface area contributed by atoms with Gasteiger partial charge >= 0.3 is 0 Å². The molecule has 1 aromatic heterocycles. The molecule has 0 amide bonds. The van der Waals surface area contributed by atoms with Crippen molar-refractivity contribution in [2.24, 2.45) is 0 Å². The van der Waals surface area contributed by atoms with E-state index in [1.807, 2.05) is 49.0 Å². The lowest BCUT2D eigenvalue weighted by atomic mass is 10.0. The lowest BCUT2D eigenvalue weighted by molar-refractivity contribution is 0.0824. The van der Waals surface area contributed by atoms with Gasteiger partial charge in [-0.25, -0.2) is 4.39 Å². The number of rotatable bonds is 6. The second kappa shape index (κ2) is 9.44. The van der Waals surface area contributed by atoms with Gasteiger partial charge < -0.3 is 24.7 Å². The summed E-state index contributed by atoms with van der Waals surface area (Å²) in [5.74, 6) is 0.831. The van der Waals surface area contributed by atoms with E-state index >= 15 is 0 Å². The van der Waals surface area contributed by atoms with Crippen molar-refractivity contribution in [3.05, 3.63) is 65.6 Å². The highest BCUT2D eigenvalue weighted by Crippen LogP contribution is 2.36. The molecule has 2 aromatic carbocycles. The van der Waals surface area contributed by atoms with E-state index in [0.29, 0.717) is 30.2 Å². The summed E-state index contributed by atoms with van der Waals surface area (Å²) in [5, 5.41) is 15.6. The van der Waals surface area contributed by atoms with Crippen LogP contribution in [0.1, 0.15) is 24.0 Å². The fraction of sp³-hybridized carbons (Fsp3) is 0.320. The molecule has 1 fully saturated rings. The molecule has 32 heavy (non-hydrogen) atoms. The number of nitrogens with zero attached hydrogens (tertiary/aromatic N) is 1. The molecule has 0 unspecified atom stereocenters. The molecule has 0 aliphatic carbocycles. The number of halogens is 1. The molecule has 0 saturated carbocycles. The third-order valence-electron chi connectivity index (χ3n) is 5.80. The first kappa shape index (κ1) is 21.9. The van der Waals surface area contributed by atoms with E-state index in [-0.39, 0.29) is 11.8 Å². The Balaban J connectivity index is 1.84. The van der Waals surface area contributed by atoms with E-state index in [2.05, 4.69) is 16.7 Å². The van der Waals surface area contributed by atoms with Crippen molar-refractivity contribution in [1.29, 1.82) is 5.41 Å². The average molecular weight is 437 g/mol. The van der Waals surface area contributed by atoms with E-state index in [1.165, 1.54) is 13.2 Å². The molecule has 3 aromatic rings. The highest BCUT2D eigenvalue weighted by atomic mass is 19.1. The zero-order valence-corrected chi connectivity index (χ0v) is 18.7. The van der Waals surface area contributed by atoms with Crippen LogP contribution in [-0.4, -0.2) is 43.8 Å². The summed E-state index contributed by atoms with van der Waals surface area (Å²) in [4.78, 5) is 0. The van der Waals surface area contributed by atoms with Crippen molar-refractivity contribution in [2.45, 2.75) is 25.8 Å². The number of amidine groups is 1. The van der Waals surface area contributed by atoms with Gasteiger partial charge in [0.1, 0.15) is 11.7 Å². The summed E-state index contributed by atoms with van der Waals surface area (Å²) < 4.78 is 27.1. The molecule has 3 N–H and O–H groups in total. The van der Waals surface area contributed by atoms with Crippen LogP contribution in [0.5, 0.6) is 5.75 Å². The van der Waals surface area contributed by atoms with Gasteiger partial charge in [-0.3, -0.25) is 5.41 Å². The van der Waals surface area contributed by atoms with E-state index < -0.39 is 5.82 Å². The van der Waals surface area contributed by atoms with Crippen LogP contribution in [0.3, 0.4) is 0 Å². The summed E-state index contributed by atoms with van der Waals surface area (Å²) in [7, 11) is 3.29. The highest BCUT2D eigenvalue weighted by molar-refractivity contribution is 6.07. The predicted molar refractivity (Wildman–Crippen MR) is 126 cm³/mol. The standard InChI is InChI=1S/C25H29FN4O2/c1-16-5-4-6-19(13-16)30-15-20(17-7-8-22(31-3)21(26)14-17)23(25(30)28-2)24(27)29-18-9-11-32-12-10-18/h4-8,13-15,18,28H,9-12H2,1-3H3,(H2,27,29). The van der Waals surface area contributed by atoms with Crippen LogP contribution in [0.15, 0.2) is 48.7 Å². The number of aromatic nitrogens is 1. The average Bonchev–Trinajstić information content (AvgIpc) is 3.19. The molecule has 0 bridgehead atoms. The lowest BCUT2D eigenvalue weighted by Crippen LogP contribution is -2.39. The minimum atomic E-state index is -0.436. The number of ether oxygens (including phenoxy) is 2. The van der Waals surface area contributed by atoms with Crippen LogP contribution in [0.25, 0.3) is 16.8 Å². The van der Waals surface area contributed by atoms with Gasteiger partial charge in [0.05, 0.1) is 12.7 Å². The smallest absolute Gasteiger partial charge is 0.165 e. The Morgan fingerprint density at radius 2 is 1.97 bits per heavy atom. The van der Waals surface area contributed by atoms with Crippen molar-refractivity contribution in [3.8, 4) is 22.6 Å². The SMILES string of the molecule is CNc1c(C(=N)NC2CCOCC2)c(-c2ccc(OC)c(F)c2)cn1-c1cccc(C)c1. The molecule has 168 valence electrons. The minimum Gasteiger partial charge on any atom is -0.494 e. The molecular formula is C25H29FN4O2. The number of benzene rings is 2. The Labute approximate surface area is 187 Å². The molecule has 1 aliphatic rings. The molecule has 0 radical (unpaired) electrons. The molecule has 2 heterocycles. The third-order valence-corrected chi connectivity index (χ3v) is 5.80. The maximum atomic E-state index is 14.6. The molecule has 1 aliphatic heterocycles. The second-order valence-corrected chi connectivity index (χ2v) is 7.98. The van der Waals surface area contributed by atoms with Crippen molar-refractivity contribution in [1.82, 2.24) is 9.88 Å². The number of hydrogen-bond acceptors (Lipinski definition) is 4. The molecular weight excluding hydrogens is 407 g/mol. The van der Waals surface area contributed by atoms with Crippen LogP contribution in [0.2, 0.25) is 0 Å². The van der Waals surface area contributed by atoms with Crippen LogP contribution in [-0.2, 0) is 4.74 Å². The second-order valence-electron chi connectivity index (χ2n) is 7.98. The van der Waals surface area contributed by atoms with Crippen molar-refractivity contribution < 1.29 is 13.9 Å². The molecule has 7 heteroatoms. The fourth-order valence-corrected chi connectivity index (χ4v) is 4.16. The third kappa shape index (κ3) is 4.34. The molecule has 0 atom stereocenters. The first-order valence-corrected chi connectivity index (χ1v) is 10.8. The topological polar surface area (TPSA) is 71.3 Å². The Morgan fingerprint density at radius 3 is 2.62 bits per heavy atom. The van der Waals surface area contributed by atoms with Gasteiger partial charge in [-0.2, -0.15) is 0 Å². The lowest BCUT2D eigenvalue weighted by Gasteiger charge is -2.25. The van der Waals surface area contributed by atoms with E-state index in [4.69, 9.17) is 14.9 Å². The Kier molecular flexibility index (Phi) is 6.46. The summed E-state index contributed by atoms with van der Waals surface area (Å²) in [6.45, 7) is 3.41. The molecule has 0 spiro atoms. The van der Waals surface area contributed by atoms with Gasteiger partial charge in [0.15, 0.2) is 11.6 Å². The van der Waals surface area contributed by atoms with Crippen LogP contribution >= 0.6 is 0 Å². The minimum absolute atomic E-state index is 0.170. The van der Waals surface area contributed by atoms with Crippen LogP contribution in [0, 0.1) is 18.2 Å². The maximum absolute atomic E-state index is 14.6. The summed E-state index contributed by atoms with van der Waals surface area (Å²) in [5.41, 5.74) is 4.24. The van der Waals surface area contributed by atoms with Crippen LogP contribution in [0.4, 0.5) is 10.2 Å². The normalized spacial score (nSPS) is 14.2. The molecule has 1 saturated heterocycles. The van der Waals surface area contributed by atoms with E-state index in [9.17, 15) is 4.39 Å². The van der Waals surface area contributed by atoms with E-state index in [0.717, 1.165) is 35.5 Å². The van der Waals surface area contributed by atoms with Gasteiger partial charge in [0, 0.05) is 43.8 Å². The fourth-order valence-electron chi connectivity index (χ4n) is 4.16. The summed E-state index contributed by atoms with van der Waals surface area (Å²) in [6.07, 6.45) is 3.65. The first-order valence-electron chi connectivity index (χ1n) is 10.8. The Hall–Kier alpha value is -3.32. The largest absolute Gasteiger partial charge is 0.494 e. The number of anilines is 1. The van der Waals surface area contributed by atoms with E-state index in [1.54, 1.807) is 6.07 Å². The summed E-state index contributed by atoms with van der Waals surface area (Å²) in [6, 6.07) is 13.2. The first-order chi connectivity index (χ1) is 15.5. The van der Waals surface area contributed by atoms with Gasteiger partial charge in [-0.15, -0.1) is 0 Å². The van der Waals surface area contributed by atoms with Gasteiger partial charge in [-0.05, 0) is 55.2 Å². The maximum Gasteiger partial charge on any atom is 0.165 e. The molecule has 6 nitrogen and oxygen atoms in total. The highest BCUT2D eigenvalue weighted by Gasteiger charge is 2.24. The summed E-state index contributed by atoms with van der Waals surface area (Å²) >= 11 is 0. The zero-order chi connectivity index (χ0) is 22.7. The molecule has 4 rings (SSSR count). The number of nitrogens with one attached hydrogen (secondary N) is 3. The van der Waals surface area contributed by atoms with Crippen molar-refractivity contribution >= 4 is 11.7 Å². The number of aryl methyl sites for hydroxylation is 1. The van der Waals surface area contributed by atoms with Crippen LogP contribution < -0.4 is 15.4 Å². The van der Waals surface area contributed by atoms with Gasteiger partial charge in [-0.1, -0.05) is 18.2 Å². The van der Waals surface area contributed by atoms with Crippen molar-refractivity contribution in [3.63, 3.8) is 0 Å². The monoisotopic (exact) mass is 436 g/mol. The predicted octanol–water partition coefficient (Wildman–Crippen LogP) is 4.74.